The molecule has 0 aromatic carbocycles. The van der Waals surface area contributed by atoms with Gasteiger partial charge in [-0.25, -0.2) is 9.97 Å². The molecule has 10 nitrogen and oxygen atoms in total. The lowest BCUT2D eigenvalue weighted by Crippen LogP contribution is -2.34. The van der Waals surface area contributed by atoms with Crippen LogP contribution in [0.25, 0.3) is 22.4 Å². The monoisotopic (exact) mass is 430 g/mol. The minimum atomic E-state index is -0.913. The Bertz CT molecular complexity index is 1110. The molecule has 0 amide bonds. The number of aromatic nitrogens is 4. The number of aryl methyl sites for hydroxylation is 3. The normalized spacial score (nSPS) is 11.5. The van der Waals surface area contributed by atoms with Crippen molar-refractivity contribution >= 4 is 17.1 Å². The number of carboxylic acids is 1. The first-order chi connectivity index (χ1) is 14.9. The number of ether oxygens (including phenoxy) is 2. The van der Waals surface area contributed by atoms with E-state index in [1.165, 1.54) is 4.57 Å². The summed E-state index contributed by atoms with van der Waals surface area (Å²) in [7, 11) is 3.10. The molecule has 0 aliphatic carbocycles. The predicted molar refractivity (Wildman–Crippen MR) is 112 cm³/mol. The minimum absolute atomic E-state index is 0.0397. The number of rotatable bonds is 10. The van der Waals surface area contributed by atoms with E-state index in [0.29, 0.717) is 34.7 Å². The number of hydrogen-bond donors (Lipinski definition) is 1. The maximum atomic E-state index is 13.4. The van der Waals surface area contributed by atoms with E-state index in [0.717, 1.165) is 5.56 Å². The van der Waals surface area contributed by atoms with Gasteiger partial charge in [-0.05, 0) is 38.8 Å². The van der Waals surface area contributed by atoms with E-state index >= 15 is 0 Å². The van der Waals surface area contributed by atoms with Crippen molar-refractivity contribution in [2.24, 2.45) is 0 Å². The van der Waals surface area contributed by atoms with Crippen LogP contribution < -0.4 is 5.56 Å². The Morgan fingerprint density at radius 3 is 2.48 bits per heavy atom. The van der Waals surface area contributed by atoms with Crippen LogP contribution >= 0.6 is 0 Å². The van der Waals surface area contributed by atoms with Crippen molar-refractivity contribution < 1.29 is 23.9 Å². The fourth-order valence-corrected chi connectivity index (χ4v) is 3.61. The molecular formula is C21H26N4O6. The van der Waals surface area contributed by atoms with Gasteiger partial charge in [0, 0.05) is 20.6 Å². The SMILES string of the molecule is COCC(COC)n1c(=O)c(CCCC(=O)O)nc2ccc(-c3c(C)noc3C)nc21. The van der Waals surface area contributed by atoms with Crippen LogP contribution in [0.5, 0.6) is 0 Å². The number of hydrogen-bond acceptors (Lipinski definition) is 8. The minimum Gasteiger partial charge on any atom is -0.481 e. The average Bonchev–Trinajstić information content (AvgIpc) is 3.06. The fourth-order valence-electron chi connectivity index (χ4n) is 3.61. The third kappa shape index (κ3) is 4.80. The molecular weight excluding hydrogens is 404 g/mol. The van der Waals surface area contributed by atoms with Gasteiger partial charge >= 0.3 is 5.97 Å². The van der Waals surface area contributed by atoms with Gasteiger partial charge in [0.1, 0.15) is 17.0 Å². The number of carbonyl (C=O) groups is 1. The van der Waals surface area contributed by atoms with Gasteiger partial charge in [-0.3, -0.25) is 14.2 Å². The largest absolute Gasteiger partial charge is 0.481 e. The van der Waals surface area contributed by atoms with Crippen molar-refractivity contribution in [1.82, 2.24) is 19.7 Å². The maximum absolute atomic E-state index is 13.4. The number of methoxy groups -OCH3 is 2. The Hall–Kier alpha value is -3.11. The lowest BCUT2D eigenvalue weighted by atomic mass is 10.1. The number of fused-ring (bicyclic) bond motifs is 1. The van der Waals surface area contributed by atoms with Crippen LogP contribution in [0.4, 0.5) is 0 Å². The second-order valence-corrected chi connectivity index (χ2v) is 7.28. The smallest absolute Gasteiger partial charge is 0.303 e. The zero-order valence-corrected chi connectivity index (χ0v) is 18.0. The highest BCUT2D eigenvalue weighted by Crippen LogP contribution is 2.27. The van der Waals surface area contributed by atoms with Crippen LogP contribution in [0.1, 0.15) is 36.0 Å². The molecule has 3 heterocycles. The molecule has 3 aromatic rings. The van der Waals surface area contributed by atoms with Crippen molar-refractivity contribution in [3.8, 4) is 11.3 Å². The van der Waals surface area contributed by atoms with Crippen molar-refractivity contribution in [3.05, 3.63) is 39.6 Å². The van der Waals surface area contributed by atoms with Crippen molar-refractivity contribution in [2.75, 3.05) is 27.4 Å². The summed E-state index contributed by atoms with van der Waals surface area (Å²) in [5.74, 6) is -0.287. The van der Waals surface area contributed by atoms with Crippen LogP contribution in [0.2, 0.25) is 0 Å². The van der Waals surface area contributed by atoms with Crippen LogP contribution in [0.15, 0.2) is 21.5 Å². The molecule has 0 aliphatic rings. The molecule has 0 bridgehead atoms. The van der Waals surface area contributed by atoms with E-state index in [2.05, 4.69) is 10.1 Å². The summed E-state index contributed by atoms with van der Waals surface area (Å²) in [4.78, 5) is 33.5. The third-order valence-corrected chi connectivity index (χ3v) is 4.98. The summed E-state index contributed by atoms with van der Waals surface area (Å²) >= 11 is 0. The summed E-state index contributed by atoms with van der Waals surface area (Å²) < 4.78 is 17.4. The highest BCUT2D eigenvalue weighted by molar-refractivity contribution is 5.76. The van der Waals surface area contributed by atoms with E-state index in [4.69, 9.17) is 24.1 Å². The Morgan fingerprint density at radius 2 is 1.90 bits per heavy atom. The average molecular weight is 430 g/mol. The summed E-state index contributed by atoms with van der Waals surface area (Å²) in [5, 5.41) is 12.9. The Balaban J connectivity index is 2.20. The Morgan fingerprint density at radius 1 is 1.19 bits per heavy atom. The van der Waals surface area contributed by atoms with Gasteiger partial charge in [0.15, 0.2) is 5.65 Å². The van der Waals surface area contributed by atoms with Crippen molar-refractivity contribution in [1.29, 1.82) is 0 Å². The fraction of sp³-hybridized carbons (Fsp3) is 0.476. The Labute approximate surface area is 178 Å². The first-order valence-corrected chi connectivity index (χ1v) is 9.92. The molecule has 0 aliphatic heterocycles. The van der Waals surface area contributed by atoms with Crippen LogP contribution in [0, 0.1) is 13.8 Å². The molecule has 0 fully saturated rings. The number of aliphatic carboxylic acids is 1. The number of nitrogens with zero attached hydrogens (tertiary/aromatic N) is 4. The van der Waals surface area contributed by atoms with Gasteiger partial charge in [-0.1, -0.05) is 5.16 Å². The van der Waals surface area contributed by atoms with E-state index in [1.54, 1.807) is 33.3 Å². The number of carboxylic acid groups (broad SMARTS) is 1. The van der Waals surface area contributed by atoms with Crippen LogP contribution in [-0.4, -0.2) is 58.2 Å². The molecule has 3 rings (SSSR count). The first kappa shape index (κ1) is 22.6. The highest BCUT2D eigenvalue weighted by atomic mass is 16.5. The van der Waals surface area contributed by atoms with E-state index in [9.17, 15) is 9.59 Å². The summed E-state index contributed by atoms with van der Waals surface area (Å²) in [6.07, 6.45) is 0.522. The number of pyridine rings is 1. The lowest BCUT2D eigenvalue weighted by molar-refractivity contribution is -0.137. The van der Waals surface area contributed by atoms with Gasteiger partial charge in [-0.15, -0.1) is 0 Å². The van der Waals surface area contributed by atoms with E-state index < -0.39 is 12.0 Å². The first-order valence-electron chi connectivity index (χ1n) is 9.92. The summed E-state index contributed by atoms with van der Waals surface area (Å²) in [5.41, 5.74) is 2.95. The zero-order valence-electron chi connectivity index (χ0n) is 18.0. The van der Waals surface area contributed by atoms with Gasteiger partial charge in [0.25, 0.3) is 5.56 Å². The van der Waals surface area contributed by atoms with Gasteiger partial charge in [-0.2, -0.15) is 0 Å². The predicted octanol–water partition coefficient (Wildman–Crippen LogP) is 2.30. The topological polar surface area (TPSA) is 130 Å². The second-order valence-electron chi connectivity index (χ2n) is 7.28. The van der Waals surface area contributed by atoms with Gasteiger partial charge in [0.05, 0.1) is 36.2 Å². The molecule has 10 heteroatoms. The van der Waals surface area contributed by atoms with Gasteiger partial charge in [0.2, 0.25) is 0 Å². The third-order valence-electron chi connectivity index (χ3n) is 4.98. The standard InChI is InChI=1S/C21H26N4O6/c1-12-19(13(2)31-24-12)15-8-9-16-20(23-15)25(14(10-29-3)11-30-4)21(28)17(22-16)6-5-7-18(26)27/h8-9,14H,5-7,10-11H2,1-4H3,(H,26,27). The molecule has 3 aromatic heterocycles. The van der Waals surface area contributed by atoms with Crippen LogP contribution in [0.3, 0.4) is 0 Å². The lowest BCUT2D eigenvalue weighted by Gasteiger charge is -2.21. The maximum Gasteiger partial charge on any atom is 0.303 e. The molecule has 0 atom stereocenters. The molecule has 0 unspecified atom stereocenters. The molecule has 0 saturated carbocycles. The van der Waals surface area contributed by atoms with Crippen LogP contribution in [-0.2, 0) is 20.7 Å². The molecule has 0 saturated heterocycles. The summed E-state index contributed by atoms with van der Waals surface area (Å²) in [6.45, 7) is 4.10. The molecule has 166 valence electrons. The molecule has 0 radical (unpaired) electrons. The quantitative estimate of drug-likeness (QED) is 0.515. The van der Waals surface area contributed by atoms with E-state index in [1.807, 2.05) is 6.92 Å². The van der Waals surface area contributed by atoms with Crippen molar-refractivity contribution in [2.45, 2.75) is 39.2 Å². The molecule has 31 heavy (non-hydrogen) atoms. The zero-order chi connectivity index (χ0) is 22.5. The van der Waals surface area contributed by atoms with Gasteiger partial charge < -0.3 is 19.1 Å². The second kappa shape index (κ2) is 9.80. The molecule has 0 spiro atoms. The molecule has 1 N–H and O–H groups in total. The van der Waals surface area contributed by atoms with E-state index in [-0.39, 0.29) is 37.3 Å². The van der Waals surface area contributed by atoms with Crippen molar-refractivity contribution in [3.63, 3.8) is 0 Å². The Kier molecular flexibility index (Phi) is 7.13. The summed E-state index contributed by atoms with van der Waals surface area (Å²) in [6, 6.07) is 3.16. The highest BCUT2D eigenvalue weighted by Gasteiger charge is 2.22.